The molecule has 2 aliphatic heterocycles. The van der Waals surface area contributed by atoms with E-state index in [1.165, 1.54) is 13.3 Å². The third kappa shape index (κ3) is 3.14. The van der Waals surface area contributed by atoms with Gasteiger partial charge in [-0.1, -0.05) is 0 Å². The number of rotatable bonds is 3. The highest BCUT2D eigenvalue weighted by Gasteiger charge is 2.44. The molecule has 1 amide bonds. The van der Waals surface area contributed by atoms with Crippen molar-refractivity contribution in [1.82, 2.24) is 19.7 Å². The van der Waals surface area contributed by atoms with Crippen molar-refractivity contribution in [1.29, 1.82) is 0 Å². The third-order valence-corrected chi connectivity index (χ3v) is 6.36. The van der Waals surface area contributed by atoms with Crippen LogP contribution in [0.15, 0.2) is 30.5 Å². The van der Waals surface area contributed by atoms with Crippen LogP contribution in [-0.2, 0) is 13.5 Å². The van der Waals surface area contributed by atoms with Gasteiger partial charge in [0.1, 0.15) is 11.4 Å². The zero-order chi connectivity index (χ0) is 22.6. The summed E-state index contributed by atoms with van der Waals surface area (Å²) in [6, 6.07) is 4.97. The number of aryl methyl sites for hydroxylation is 1. The van der Waals surface area contributed by atoms with E-state index in [-0.39, 0.29) is 23.6 Å². The Morgan fingerprint density at radius 3 is 2.56 bits per heavy atom. The van der Waals surface area contributed by atoms with E-state index >= 15 is 0 Å². The van der Waals surface area contributed by atoms with Crippen LogP contribution >= 0.6 is 0 Å². The molecule has 1 fully saturated rings. The average molecular weight is 442 g/mol. The Morgan fingerprint density at radius 1 is 1.16 bits per heavy atom. The van der Waals surface area contributed by atoms with Crippen molar-refractivity contribution in [2.45, 2.75) is 37.8 Å². The van der Waals surface area contributed by atoms with Crippen LogP contribution in [0.3, 0.4) is 0 Å². The van der Waals surface area contributed by atoms with Crippen LogP contribution in [-0.4, -0.2) is 38.7 Å². The van der Waals surface area contributed by atoms with Crippen LogP contribution in [0.4, 0.5) is 13.2 Å². The number of fused-ring (bicyclic) bond motifs is 4. The standard InChI is InChI=1S/C23H21F3N4O2/c1-29-22(12-8-16(24)20(26)17(25)9-12)15-10-13-4-3-5-19(21(15)28-29)30(13)23(31)18-7-6-14(32-2)11-27-18/h6-9,11,13,19H,3-5,10H2,1-2H3/t13-,19+/m1/s1. The topological polar surface area (TPSA) is 60.2 Å². The number of hydrogen-bond donors (Lipinski definition) is 0. The van der Waals surface area contributed by atoms with Crippen molar-refractivity contribution < 1.29 is 22.7 Å². The molecule has 32 heavy (non-hydrogen) atoms. The van der Waals surface area contributed by atoms with E-state index in [2.05, 4.69) is 10.1 Å². The predicted octanol–water partition coefficient (Wildman–Crippen LogP) is 4.20. The number of halogens is 3. The lowest BCUT2D eigenvalue weighted by Gasteiger charge is -2.45. The van der Waals surface area contributed by atoms with Gasteiger partial charge in [0.2, 0.25) is 0 Å². The monoisotopic (exact) mass is 442 g/mol. The van der Waals surface area contributed by atoms with Crippen LogP contribution < -0.4 is 4.74 Å². The molecule has 0 unspecified atom stereocenters. The van der Waals surface area contributed by atoms with Crippen molar-refractivity contribution in [2.24, 2.45) is 7.05 Å². The molecule has 4 heterocycles. The molecule has 0 aliphatic carbocycles. The molecule has 2 aromatic heterocycles. The summed E-state index contributed by atoms with van der Waals surface area (Å²) in [7, 11) is 3.22. The maximum absolute atomic E-state index is 13.9. The second-order valence-electron chi connectivity index (χ2n) is 8.19. The molecule has 0 N–H and O–H groups in total. The van der Waals surface area contributed by atoms with E-state index in [9.17, 15) is 18.0 Å². The molecule has 5 rings (SSSR count). The SMILES string of the molecule is COc1ccc(C(=O)N2[C@@H]3CCC[C@H]2c2nn(C)c(-c4cc(F)c(F)c(F)c4)c2C3)nc1. The molecular weight excluding hydrogens is 421 g/mol. The van der Waals surface area contributed by atoms with E-state index < -0.39 is 17.5 Å². The van der Waals surface area contributed by atoms with Crippen molar-refractivity contribution >= 4 is 5.91 Å². The number of benzene rings is 1. The first-order valence-electron chi connectivity index (χ1n) is 10.4. The van der Waals surface area contributed by atoms with Gasteiger partial charge in [-0.3, -0.25) is 9.48 Å². The number of methoxy groups -OCH3 is 1. The number of carbonyl (C=O) groups excluding carboxylic acids is 1. The Morgan fingerprint density at radius 2 is 1.91 bits per heavy atom. The van der Waals surface area contributed by atoms with Gasteiger partial charge in [-0.05, 0) is 49.9 Å². The predicted molar refractivity (Wildman–Crippen MR) is 110 cm³/mol. The molecular formula is C23H21F3N4O2. The molecule has 0 radical (unpaired) electrons. The molecule has 3 aromatic rings. The minimum atomic E-state index is -1.49. The molecule has 2 atom stereocenters. The van der Waals surface area contributed by atoms with E-state index in [4.69, 9.17) is 4.74 Å². The minimum absolute atomic E-state index is 0.0873. The number of pyridine rings is 1. The maximum Gasteiger partial charge on any atom is 0.273 e. The third-order valence-electron chi connectivity index (χ3n) is 6.36. The Labute approximate surface area is 182 Å². The van der Waals surface area contributed by atoms with Gasteiger partial charge in [0.15, 0.2) is 17.5 Å². The fraction of sp³-hybridized carbons (Fsp3) is 0.348. The first-order chi connectivity index (χ1) is 15.4. The van der Waals surface area contributed by atoms with Crippen LogP contribution in [0.2, 0.25) is 0 Å². The number of hydrogen-bond acceptors (Lipinski definition) is 4. The zero-order valence-corrected chi connectivity index (χ0v) is 17.6. The van der Waals surface area contributed by atoms with Crippen molar-refractivity contribution in [3.8, 4) is 17.0 Å². The second-order valence-corrected chi connectivity index (χ2v) is 8.19. The molecule has 2 aliphatic rings. The van der Waals surface area contributed by atoms with E-state index in [1.54, 1.807) is 23.9 Å². The van der Waals surface area contributed by atoms with Gasteiger partial charge in [-0.15, -0.1) is 0 Å². The Balaban J connectivity index is 1.56. The Kier molecular flexibility index (Phi) is 4.91. The van der Waals surface area contributed by atoms with Crippen molar-refractivity contribution in [3.63, 3.8) is 0 Å². The lowest BCUT2D eigenvalue weighted by molar-refractivity contribution is 0.0386. The summed E-state index contributed by atoms with van der Waals surface area (Å²) in [5, 5.41) is 4.63. The van der Waals surface area contributed by atoms with Gasteiger partial charge >= 0.3 is 0 Å². The fourth-order valence-electron chi connectivity index (χ4n) is 4.96. The van der Waals surface area contributed by atoms with Crippen molar-refractivity contribution in [3.05, 3.63) is 64.9 Å². The summed E-state index contributed by atoms with van der Waals surface area (Å²) in [5.41, 5.74) is 2.66. The first kappa shape index (κ1) is 20.5. The van der Waals surface area contributed by atoms with E-state index in [0.29, 0.717) is 29.3 Å². The normalized spacial score (nSPS) is 19.6. The molecule has 1 aromatic carbocycles. The highest BCUT2D eigenvalue weighted by atomic mass is 19.2. The Hall–Kier alpha value is -3.36. The van der Waals surface area contributed by atoms with E-state index in [1.807, 2.05) is 4.90 Å². The molecule has 6 nitrogen and oxygen atoms in total. The summed E-state index contributed by atoms with van der Waals surface area (Å²) < 4.78 is 48.0. The van der Waals surface area contributed by atoms with Gasteiger partial charge < -0.3 is 9.64 Å². The largest absolute Gasteiger partial charge is 0.495 e. The number of nitrogens with zero attached hydrogens (tertiary/aromatic N) is 4. The summed E-state index contributed by atoms with van der Waals surface area (Å²) in [6.45, 7) is 0. The quantitative estimate of drug-likeness (QED) is 0.571. The lowest BCUT2D eigenvalue weighted by Crippen LogP contribution is -2.50. The minimum Gasteiger partial charge on any atom is -0.495 e. The molecule has 0 saturated carbocycles. The van der Waals surface area contributed by atoms with Crippen LogP contribution in [0.1, 0.15) is 47.1 Å². The molecule has 9 heteroatoms. The first-order valence-corrected chi connectivity index (χ1v) is 10.4. The average Bonchev–Trinajstić information content (AvgIpc) is 3.12. The highest BCUT2D eigenvalue weighted by Crippen LogP contribution is 2.45. The Bertz CT molecular complexity index is 1190. The zero-order valence-electron chi connectivity index (χ0n) is 17.6. The van der Waals surface area contributed by atoms with Gasteiger partial charge in [0.25, 0.3) is 5.91 Å². The van der Waals surface area contributed by atoms with Gasteiger partial charge in [0.05, 0.1) is 30.7 Å². The molecule has 0 spiro atoms. The summed E-state index contributed by atoms with van der Waals surface area (Å²) >= 11 is 0. The summed E-state index contributed by atoms with van der Waals surface area (Å²) in [4.78, 5) is 19.4. The second kappa shape index (κ2) is 7.65. The fourth-order valence-corrected chi connectivity index (χ4v) is 4.96. The molecule has 166 valence electrons. The highest BCUT2D eigenvalue weighted by molar-refractivity contribution is 5.93. The maximum atomic E-state index is 13.9. The number of aromatic nitrogens is 3. The number of amides is 1. The van der Waals surface area contributed by atoms with E-state index in [0.717, 1.165) is 37.0 Å². The van der Waals surface area contributed by atoms with Crippen LogP contribution in [0.5, 0.6) is 5.75 Å². The number of ether oxygens (including phenoxy) is 1. The van der Waals surface area contributed by atoms with Gasteiger partial charge in [-0.2, -0.15) is 5.10 Å². The lowest BCUT2D eigenvalue weighted by atomic mass is 9.81. The van der Waals surface area contributed by atoms with Gasteiger partial charge in [0, 0.05) is 24.2 Å². The number of piperidine rings is 1. The number of carbonyl (C=O) groups is 1. The van der Waals surface area contributed by atoms with Crippen LogP contribution in [0, 0.1) is 17.5 Å². The van der Waals surface area contributed by atoms with Gasteiger partial charge in [-0.25, -0.2) is 18.2 Å². The van der Waals surface area contributed by atoms with Crippen LogP contribution in [0.25, 0.3) is 11.3 Å². The smallest absolute Gasteiger partial charge is 0.273 e. The summed E-state index contributed by atoms with van der Waals surface area (Å²) in [5.74, 6) is -3.60. The molecule has 2 bridgehead atoms. The molecule has 1 saturated heterocycles. The van der Waals surface area contributed by atoms with Crippen molar-refractivity contribution in [2.75, 3.05) is 7.11 Å². The summed E-state index contributed by atoms with van der Waals surface area (Å²) in [6.07, 6.45) is 4.49.